The number of hydrogen-bond donors (Lipinski definition) is 2. The molecule has 0 spiro atoms. The number of benzene rings is 2. The summed E-state index contributed by atoms with van der Waals surface area (Å²) in [5.41, 5.74) is 0.134. The van der Waals surface area contributed by atoms with Gasteiger partial charge in [0.05, 0.1) is 11.3 Å². The molecule has 0 aliphatic carbocycles. The van der Waals surface area contributed by atoms with Crippen LogP contribution in [0.4, 0.5) is 10.1 Å². The number of hydrogen-bond acceptors (Lipinski definition) is 2. The molecular formula is C14H10FNO3. The van der Waals surface area contributed by atoms with Crippen LogP contribution in [-0.4, -0.2) is 17.0 Å². The summed E-state index contributed by atoms with van der Waals surface area (Å²) < 4.78 is 13.1. The Bertz CT molecular complexity index is 626. The maximum Gasteiger partial charge on any atom is 0.337 e. The first kappa shape index (κ1) is 12.8. The highest BCUT2D eigenvalue weighted by Gasteiger charge is 2.14. The number of anilines is 1. The van der Waals surface area contributed by atoms with E-state index in [9.17, 15) is 14.0 Å². The summed E-state index contributed by atoms with van der Waals surface area (Å²) in [7, 11) is 0. The molecule has 0 atom stereocenters. The molecule has 96 valence electrons. The third kappa shape index (κ3) is 2.95. The fourth-order valence-corrected chi connectivity index (χ4v) is 1.59. The molecule has 1 amide bonds. The molecule has 0 bridgehead atoms. The largest absolute Gasteiger partial charge is 0.478 e. The van der Waals surface area contributed by atoms with Gasteiger partial charge in [0.25, 0.3) is 5.91 Å². The number of carbonyl (C=O) groups is 2. The van der Waals surface area contributed by atoms with Crippen molar-refractivity contribution in [3.63, 3.8) is 0 Å². The summed E-state index contributed by atoms with van der Waals surface area (Å²) in [6.07, 6.45) is 0. The van der Waals surface area contributed by atoms with Crippen molar-refractivity contribution in [2.45, 2.75) is 0 Å². The first-order valence-electron chi connectivity index (χ1n) is 5.47. The third-order valence-corrected chi connectivity index (χ3v) is 2.50. The summed E-state index contributed by atoms with van der Waals surface area (Å²) in [6, 6.07) is 11.4. The quantitative estimate of drug-likeness (QED) is 0.890. The molecule has 0 radical (unpaired) electrons. The van der Waals surface area contributed by atoms with E-state index in [0.717, 1.165) is 18.2 Å². The summed E-state index contributed by atoms with van der Waals surface area (Å²) in [5, 5.41) is 11.4. The van der Waals surface area contributed by atoms with Gasteiger partial charge in [-0.3, -0.25) is 4.79 Å². The molecule has 0 saturated heterocycles. The van der Waals surface area contributed by atoms with Crippen LogP contribution in [-0.2, 0) is 0 Å². The molecule has 2 N–H and O–H groups in total. The smallest absolute Gasteiger partial charge is 0.337 e. The highest BCUT2D eigenvalue weighted by atomic mass is 19.1. The third-order valence-electron chi connectivity index (χ3n) is 2.50. The van der Waals surface area contributed by atoms with Crippen LogP contribution in [0.1, 0.15) is 20.7 Å². The van der Waals surface area contributed by atoms with Gasteiger partial charge < -0.3 is 10.4 Å². The first-order chi connectivity index (χ1) is 9.08. The van der Waals surface area contributed by atoms with Crippen molar-refractivity contribution in [3.05, 3.63) is 65.5 Å². The Labute approximate surface area is 108 Å². The van der Waals surface area contributed by atoms with E-state index in [4.69, 9.17) is 5.11 Å². The maximum absolute atomic E-state index is 13.1. The zero-order valence-corrected chi connectivity index (χ0v) is 9.76. The number of nitrogens with one attached hydrogen (secondary N) is 1. The van der Waals surface area contributed by atoms with Gasteiger partial charge in [0.15, 0.2) is 0 Å². The molecule has 0 unspecified atom stereocenters. The van der Waals surface area contributed by atoms with E-state index in [1.807, 2.05) is 0 Å². The first-order valence-corrected chi connectivity index (χ1v) is 5.47. The van der Waals surface area contributed by atoms with Crippen molar-refractivity contribution in [1.82, 2.24) is 0 Å². The fourth-order valence-electron chi connectivity index (χ4n) is 1.59. The monoisotopic (exact) mass is 259 g/mol. The summed E-state index contributed by atoms with van der Waals surface area (Å²) in [5.74, 6) is -2.34. The number of carboxylic acid groups (broad SMARTS) is 1. The van der Waals surface area contributed by atoms with Gasteiger partial charge in [0.1, 0.15) is 5.82 Å². The van der Waals surface area contributed by atoms with Gasteiger partial charge in [0, 0.05) is 5.56 Å². The minimum absolute atomic E-state index is 0.0682. The lowest BCUT2D eigenvalue weighted by Gasteiger charge is -2.08. The molecule has 2 rings (SSSR count). The molecule has 0 fully saturated rings. The normalized spacial score (nSPS) is 9.95. The molecule has 0 aromatic heterocycles. The summed E-state index contributed by atoms with van der Waals surface area (Å²) >= 11 is 0. The topological polar surface area (TPSA) is 66.4 Å². The number of aromatic carboxylic acids is 1. The Morgan fingerprint density at radius 3 is 2.37 bits per heavy atom. The van der Waals surface area contributed by atoms with Crippen molar-refractivity contribution in [3.8, 4) is 0 Å². The van der Waals surface area contributed by atoms with Crippen LogP contribution in [0.3, 0.4) is 0 Å². The summed E-state index contributed by atoms with van der Waals surface area (Å²) in [6.45, 7) is 0. The van der Waals surface area contributed by atoms with E-state index in [0.29, 0.717) is 5.56 Å². The Balaban J connectivity index is 2.31. The van der Waals surface area contributed by atoms with Gasteiger partial charge in [-0.1, -0.05) is 18.2 Å². The SMILES string of the molecule is O=C(Nc1cc(F)ccc1C(=O)O)c1ccccc1. The fraction of sp³-hybridized carbons (Fsp3) is 0. The zero-order chi connectivity index (χ0) is 13.8. The van der Waals surface area contributed by atoms with Crippen molar-refractivity contribution >= 4 is 17.6 Å². The Morgan fingerprint density at radius 2 is 1.74 bits per heavy atom. The van der Waals surface area contributed by atoms with Crippen molar-refractivity contribution in [2.75, 3.05) is 5.32 Å². The minimum atomic E-state index is -1.23. The number of carbonyl (C=O) groups excluding carboxylic acids is 1. The average molecular weight is 259 g/mol. The molecule has 4 nitrogen and oxygen atoms in total. The minimum Gasteiger partial charge on any atom is -0.478 e. The molecule has 0 aliphatic rings. The van der Waals surface area contributed by atoms with Crippen LogP contribution in [0.2, 0.25) is 0 Å². The van der Waals surface area contributed by atoms with E-state index < -0.39 is 17.7 Å². The van der Waals surface area contributed by atoms with E-state index in [1.165, 1.54) is 0 Å². The molecule has 0 heterocycles. The highest BCUT2D eigenvalue weighted by Crippen LogP contribution is 2.18. The van der Waals surface area contributed by atoms with Gasteiger partial charge in [-0.25, -0.2) is 9.18 Å². The van der Waals surface area contributed by atoms with E-state index >= 15 is 0 Å². The maximum atomic E-state index is 13.1. The molecule has 0 saturated carbocycles. The van der Waals surface area contributed by atoms with Crippen molar-refractivity contribution < 1.29 is 19.1 Å². The van der Waals surface area contributed by atoms with Crippen LogP contribution in [0.25, 0.3) is 0 Å². The van der Waals surface area contributed by atoms with Crippen molar-refractivity contribution in [2.24, 2.45) is 0 Å². The lowest BCUT2D eigenvalue weighted by molar-refractivity contribution is 0.0698. The Hall–Kier alpha value is -2.69. The van der Waals surface area contributed by atoms with Gasteiger partial charge >= 0.3 is 5.97 Å². The van der Waals surface area contributed by atoms with E-state index in [-0.39, 0.29) is 11.3 Å². The van der Waals surface area contributed by atoms with Crippen LogP contribution >= 0.6 is 0 Å². The lowest BCUT2D eigenvalue weighted by Crippen LogP contribution is -2.14. The molecule has 0 aliphatic heterocycles. The number of amides is 1. The number of halogens is 1. The average Bonchev–Trinajstić information content (AvgIpc) is 2.39. The zero-order valence-electron chi connectivity index (χ0n) is 9.76. The van der Waals surface area contributed by atoms with E-state index in [1.54, 1.807) is 30.3 Å². The molecule has 5 heteroatoms. The second-order valence-corrected chi connectivity index (χ2v) is 3.82. The second kappa shape index (κ2) is 5.30. The highest BCUT2D eigenvalue weighted by molar-refractivity contribution is 6.07. The van der Waals surface area contributed by atoms with Crippen LogP contribution in [0, 0.1) is 5.82 Å². The molecule has 2 aromatic carbocycles. The standard InChI is InChI=1S/C14H10FNO3/c15-10-6-7-11(14(18)19)12(8-10)16-13(17)9-4-2-1-3-5-9/h1-8H,(H,16,17)(H,18,19). The lowest BCUT2D eigenvalue weighted by atomic mass is 10.1. The Kier molecular flexibility index (Phi) is 3.56. The Morgan fingerprint density at radius 1 is 1.05 bits per heavy atom. The predicted octanol–water partition coefficient (Wildman–Crippen LogP) is 2.78. The van der Waals surface area contributed by atoms with Crippen LogP contribution in [0.5, 0.6) is 0 Å². The van der Waals surface area contributed by atoms with Crippen LogP contribution < -0.4 is 5.32 Å². The molecule has 2 aromatic rings. The predicted molar refractivity (Wildman–Crippen MR) is 67.8 cm³/mol. The van der Waals surface area contributed by atoms with Gasteiger partial charge in [-0.2, -0.15) is 0 Å². The second-order valence-electron chi connectivity index (χ2n) is 3.82. The van der Waals surface area contributed by atoms with Crippen molar-refractivity contribution in [1.29, 1.82) is 0 Å². The van der Waals surface area contributed by atoms with E-state index in [2.05, 4.69) is 5.32 Å². The number of rotatable bonds is 3. The summed E-state index contributed by atoms with van der Waals surface area (Å²) in [4.78, 5) is 22.9. The van der Waals surface area contributed by atoms with Gasteiger partial charge in [0.2, 0.25) is 0 Å². The van der Waals surface area contributed by atoms with Crippen LogP contribution in [0.15, 0.2) is 48.5 Å². The molecular weight excluding hydrogens is 249 g/mol. The van der Waals surface area contributed by atoms with Gasteiger partial charge in [-0.05, 0) is 30.3 Å². The number of carboxylic acids is 1. The van der Waals surface area contributed by atoms with Gasteiger partial charge in [-0.15, -0.1) is 0 Å². The molecule has 19 heavy (non-hydrogen) atoms.